The normalized spacial score (nSPS) is 17.2. The summed E-state index contributed by atoms with van der Waals surface area (Å²) in [5.41, 5.74) is 2.56. The summed E-state index contributed by atoms with van der Waals surface area (Å²) < 4.78 is 1.24. The van der Waals surface area contributed by atoms with Crippen molar-refractivity contribution in [2.45, 2.75) is 39.3 Å². The third kappa shape index (κ3) is 3.18. The van der Waals surface area contributed by atoms with E-state index in [1.54, 1.807) is 0 Å². The molecule has 0 spiro atoms. The van der Waals surface area contributed by atoms with Crippen LogP contribution in [0.4, 0.5) is 0 Å². The number of benzene rings is 1. The highest BCUT2D eigenvalue weighted by Gasteiger charge is 2.30. The van der Waals surface area contributed by atoms with Crippen molar-refractivity contribution in [1.82, 2.24) is 14.5 Å². The lowest BCUT2D eigenvalue weighted by Gasteiger charge is -2.26. The van der Waals surface area contributed by atoms with Gasteiger partial charge in [0.05, 0.1) is 6.04 Å². The standard InChI is InChI=1S/C18H21N3O3/c1-12-5-6-14(10-13(12)2)15-4-3-8-21(15)17(23)11-20-9-7-16(22)19-18(20)24/h5-7,9-10,15H,3-4,8,11H2,1-2H3,(H,19,22,24). The molecule has 0 aliphatic carbocycles. The number of hydrogen-bond acceptors (Lipinski definition) is 3. The van der Waals surface area contributed by atoms with E-state index in [1.807, 2.05) is 4.90 Å². The van der Waals surface area contributed by atoms with Gasteiger partial charge in [0.25, 0.3) is 5.56 Å². The van der Waals surface area contributed by atoms with Crippen LogP contribution in [0.25, 0.3) is 0 Å². The zero-order valence-corrected chi connectivity index (χ0v) is 13.9. The Balaban J connectivity index is 1.81. The van der Waals surface area contributed by atoms with Crippen LogP contribution in [-0.2, 0) is 11.3 Å². The van der Waals surface area contributed by atoms with Crippen LogP contribution >= 0.6 is 0 Å². The van der Waals surface area contributed by atoms with Gasteiger partial charge in [0.1, 0.15) is 6.54 Å². The van der Waals surface area contributed by atoms with Crippen LogP contribution in [0.5, 0.6) is 0 Å². The molecule has 1 fully saturated rings. The van der Waals surface area contributed by atoms with E-state index in [9.17, 15) is 14.4 Å². The molecule has 1 aliphatic heterocycles. The predicted molar refractivity (Wildman–Crippen MR) is 90.9 cm³/mol. The number of carbonyl (C=O) groups excluding carboxylic acids is 1. The molecule has 1 atom stereocenters. The Morgan fingerprint density at radius 2 is 2.00 bits per heavy atom. The maximum absolute atomic E-state index is 12.7. The van der Waals surface area contributed by atoms with Crippen LogP contribution in [0.2, 0.25) is 0 Å². The molecule has 1 N–H and O–H groups in total. The average molecular weight is 327 g/mol. The number of aryl methyl sites for hydroxylation is 2. The Kier molecular flexibility index (Phi) is 4.38. The molecule has 2 aromatic rings. The molecule has 1 aromatic heterocycles. The second-order valence-corrected chi connectivity index (χ2v) is 6.33. The fourth-order valence-electron chi connectivity index (χ4n) is 3.19. The second-order valence-electron chi connectivity index (χ2n) is 6.33. The molecule has 6 heteroatoms. The van der Waals surface area contributed by atoms with E-state index in [0.29, 0.717) is 6.54 Å². The van der Waals surface area contributed by atoms with Crippen molar-refractivity contribution in [3.05, 3.63) is 68.0 Å². The molecule has 1 aliphatic rings. The summed E-state index contributed by atoms with van der Waals surface area (Å²) in [5.74, 6) is -0.107. The molecule has 6 nitrogen and oxygen atoms in total. The number of aromatic amines is 1. The van der Waals surface area contributed by atoms with E-state index >= 15 is 0 Å². The summed E-state index contributed by atoms with van der Waals surface area (Å²) in [5, 5.41) is 0. The van der Waals surface area contributed by atoms with Crippen LogP contribution in [0.1, 0.15) is 35.6 Å². The van der Waals surface area contributed by atoms with Crippen molar-refractivity contribution in [3.63, 3.8) is 0 Å². The van der Waals surface area contributed by atoms with Gasteiger partial charge in [-0.3, -0.25) is 19.1 Å². The zero-order chi connectivity index (χ0) is 17.3. The molecule has 0 saturated carbocycles. The van der Waals surface area contributed by atoms with Crippen LogP contribution in [0, 0.1) is 13.8 Å². The third-order valence-electron chi connectivity index (χ3n) is 4.69. The van der Waals surface area contributed by atoms with Crippen molar-refractivity contribution >= 4 is 5.91 Å². The minimum Gasteiger partial charge on any atom is -0.334 e. The first-order valence-corrected chi connectivity index (χ1v) is 8.12. The third-order valence-corrected chi connectivity index (χ3v) is 4.69. The molecule has 3 rings (SSSR count). The number of amides is 1. The smallest absolute Gasteiger partial charge is 0.328 e. The van der Waals surface area contributed by atoms with Crippen LogP contribution < -0.4 is 11.2 Å². The van der Waals surface area contributed by atoms with Crippen molar-refractivity contribution in [1.29, 1.82) is 0 Å². The van der Waals surface area contributed by atoms with Crippen molar-refractivity contribution in [2.75, 3.05) is 6.54 Å². The van der Waals surface area contributed by atoms with Gasteiger partial charge < -0.3 is 4.90 Å². The summed E-state index contributed by atoms with van der Waals surface area (Å²) in [7, 11) is 0. The number of rotatable bonds is 3. The van der Waals surface area contributed by atoms with E-state index in [0.717, 1.165) is 18.4 Å². The molecule has 1 amide bonds. The molecule has 0 bridgehead atoms. The second kappa shape index (κ2) is 6.47. The molecular formula is C18H21N3O3. The van der Waals surface area contributed by atoms with E-state index in [2.05, 4.69) is 37.0 Å². The van der Waals surface area contributed by atoms with Crippen molar-refractivity contribution in [2.24, 2.45) is 0 Å². The highest BCUT2D eigenvalue weighted by atomic mass is 16.2. The zero-order valence-electron chi connectivity index (χ0n) is 13.9. The van der Waals surface area contributed by atoms with Crippen LogP contribution in [0.3, 0.4) is 0 Å². The van der Waals surface area contributed by atoms with E-state index in [1.165, 1.54) is 28.0 Å². The van der Waals surface area contributed by atoms with Crippen molar-refractivity contribution < 1.29 is 4.79 Å². The van der Waals surface area contributed by atoms with Crippen LogP contribution in [-0.4, -0.2) is 26.9 Å². The SMILES string of the molecule is Cc1ccc(C2CCCN2C(=O)Cn2ccc(=O)[nH]c2=O)cc1C. The van der Waals surface area contributed by atoms with Gasteiger partial charge >= 0.3 is 5.69 Å². The molecule has 24 heavy (non-hydrogen) atoms. The fourth-order valence-corrected chi connectivity index (χ4v) is 3.19. The average Bonchev–Trinajstić information content (AvgIpc) is 3.02. The first-order chi connectivity index (χ1) is 11.5. The maximum Gasteiger partial charge on any atom is 0.328 e. The van der Waals surface area contributed by atoms with Crippen molar-refractivity contribution in [3.8, 4) is 0 Å². The first-order valence-electron chi connectivity index (χ1n) is 8.12. The van der Waals surface area contributed by atoms with E-state index < -0.39 is 11.2 Å². The molecule has 1 aromatic carbocycles. The lowest BCUT2D eigenvalue weighted by molar-refractivity contribution is -0.132. The molecular weight excluding hydrogens is 306 g/mol. The summed E-state index contributed by atoms with van der Waals surface area (Å²) >= 11 is 0. The monoisotopic (exact) mass is 327 g/mol. The van der Waals surface area contributed by atoms with Gasteiger partial charge in [-0.1, -0.05) is 18.2 Å². The summed E-state index contributed by atoms with van der Waals surface area (Å²) in [6, 6.07) is 7.59. The minimum absolute atomic E-state index is 0.0512. The number of likely N-dealkylation sites (tertiary alicyclic amines) is 1. The number of hydrogen-bond donors (Lipinski definition) is 1. The fraction of sp³-hybridized carbons (Fsp3) is 0.389. The Morgan fingerprint density at radius 3 is 2.71 bits per heavy atom. The van der Waals surface area contributed by atoms with Gasteiger partial charge in [0, 0.05) is 18.8 Å². The van der Waals surface area contributed by atoms with E-state index in [-0.39, 0.29) is 18.5 Å². The van der Waals surface area contributed by atoms with Gasteiger partial charge in [-0.25, -0.2) is 4.79 Å². The molecule has 1 unspecified atom stereocenters. The Labute approximate surface area is 139 Å². The van der Waals surface area contributed by atoms with Crippen LogP contribution in [0.15, 0.2) is 40.1 Å². The lowest BCUT2D eigenvalue weighted by atomic mass is 9.99. The lowest BCUT2D eigenvalue weighted by Crippen LogP contribution is -2.38. The predicted octanol–water partition coefficient (Wildman–Crippen LogP) is 1.52. The quantitative estimate of drug-likeness (QED) is 0.929. The summed E-state index contributed by atoms with van der Waals surface area (Å²) in [6.07, 6.45) is 3.23. The molecule has 1 saturated heterocycles. The highest BCUT2D eigenvalue weighted by Crippen LogP contribution is 2.32. The Morgan fingerprint density at radius 1 is 1.21 bits per heavy atom. The van der Waals surface area contributed by atoms with E-state index in [4.69, 9.17) is 0 Å². The van der Waals surface area contributed by atoms with Gasteiger partial charge in [0.15, 0.2) is 0 Å². The Bertz CT molecular complexity index is 882. The number of aromatic nitrogens is 2. The number of nitrogens with one attached hydrogen (secondary N) is 1. The maximum atomic E-state index is 12.7. The summed E-state index contributed by atoms with van der Waals surface area (Å²) in [4.78, 5) is 39.5. The van der Waals surface area contributed by atoms with Gasteiger partial charge in [-0.15, -0.1) is 0 Å². The van der Waals surface area contributed by atoms with Gasteiger partial charge in [-0.2, -0.15) is 0 Å². The Hall–Kier alpha value is -2.63. The molecule has 0 radical (unpaired) electrons. The molecule has 126 valence electrons. The number of nitrogens with zero attached hydrogens (tertiary/aromatic N) is 2. The molecule has 2 heterocycles. The van der Waals surface area contributed by atoms with Gasteiger partial charge in [0.2, 0.25) is 5.91 Å². The highest BCUT2D eigenvalue weighted by molar-refractivity contribution is 5.76. The minimum atomic E-state index is -0.558. The summed E-state index contributed by atoms with van der Waals surface area (Å²) in [6.45, 7) is 4.77. The topological polar surface area (TPSA) is 75.2 Å². The van der Waals surface area contributed by atoms with Gasteiger partial charge in [-0.05, 0) is 43.4 Å². The largest absolute Gasteiger partial charge is 0.334 e. The number of carbonyl (C=O) groups is 1. The number of H-pyrrole nitrogens is 1. The first kappa shape index (κ1) is 16.2.